The molecule has 19 heavy (non-hydrogen) atoms. The van der Waals surface area contributed by atoms with Gasteiger partial charge in [-0.25, -0.2) is 0 Å². The Balaban J connectivity index is 2.26. The van der Waals surface area contributed by atoms with E-state index in [4.69, 9.17) is 0 Å². The number of carbonyl (C=O) groups is 1. The van der Waals surface area contributed by atoms with Crippen LogP contribution in [0.15, 0.2) is 24.3 Å². The summed E-state index contributed by atoms with van der Waals surface area (Å²) in [7, 11) is 0. The van der Waals surface area contributed by atoms with Crippen LogP contribution < -0.4 is 5.32 Å². The van der Waals surface area contributed by atoms with Crippen LogP contribution >= 0.6 is 0 Å². The lowest BCUT2D eigenvalue weighted by Crippen LogP contribution is -2.31. The molecular formula is C16H24N2O. The number of aryl methyl sites for hydroxylation is 1. The van der Waals surface area contributed by atoms with Crippen LogP contribution in [0.1, 0.15) is 44.5 Å². The maximum Gasteiger partial charge on any atom is 0.241 e. The van der Waals surface area contributed by atoms with Gasteiger partial charge in [-0.05, 0) is 37.3 Å². The van der Waals surface area contributed by atoms with Crippen molar-refractivity contribution in [2.75, 3.05) is 6.54 Å². The Labute approximate surface area is 116 Å². The third-order valence-electron chi connectivity index (χ3n) is 3.78. The molecule has 1 aromatic rings. The van der Waals surface area contributed by atoms with E-state index in [1.54, 1.807) is 0 Å². The molecular weight excluding hydrogens is 236 g/mol. The van der Waals surface area contributed by atoms with Crippen LogP contribution in [0.5, 0.6) is 0 Å². The zero-order valence-corrected chi connectivity index (χ0v) is 12.3. The second kappa shape index (κ2) is 5.74. The van der Waals surface area contributed by atoms with Gasteiger partial charge in [0, 0.05) is 6.54 Å². The highest BCUT2D eigenvalue weighted by Crippen LogP contribution is 2.29. The maximum atomic E-state index is 12.4. The first-order chi connectivity index (χ1) is 9.04. The summed E-state index contributed by atoms with van der Waals surface area (Å²) in [6, 6.07) is 8.26. The molecule has 1 heterocycles. The van der Waals surface area contributed by atoms with Crippen LogP contribution in [-0.4, -0.2) is 23.4 Å². The molecule has 0 spiro atoms. The summed E-state index contributed by atoms with van der Waals surface area (Å²) in [5, 5.41) is 3.51. The van der Waals surface area contributed by atoms with Crippen molar-refractivity contribution in [1.29, 1.82) is 0 Å². The number of hydrogen-bond acceptors (Lipinski definition) is 2. The Morgan fingerprint density at radius 2 is 2.00 bits per heavy atom. The molecule has 0 aromatic heterocycles. The number of nitrogens with zero attached hydrogens (tertiary/aromatic N) is 1. The Morgan fingerprint density at radius 3 is 2.58 bits per heavy atom. The lowest BCUT2D eigenvalue weighted by Gasteiger charge is -2.24. The van der Waals surface area contributed by atoms with Crippen LogP contribution in [0.4, 0.5) is 0 Å². The maximum absolute atomic E-state index is 12.4. The smallest absolute Gasteiger partial charge is 0.241 e. The summed E-state index contributed by atoms with van der Waals surface area (Å²) in [5.74, 6) is 0.764. The third kappa shape index (κ3) is 2.81. The second-order valence-electron chi connectivity index (χ2n) is 5.73. The van der Waals surface area contributed by atoms with Gasteiger partial charge >= 0.3 is 0 Å². The van der Waals surface area contributed by atoms with Crippen molar-refractivity contribution < 1.29 is 4.79 Å². The SMILES string of the molecule is CCN1C(=O)C(CC(C)C)NC1c1ccccc1C. The van der Waals surface area contributed by atoms with Gasteiger partial charge in [0.1, 0.15) is 6.17 Å². The minimum Gasteiger partial charge on any atom is -0.322 e. The number of amides is 1. The van der Waals surface area contributed by atoms with E-state index in [0.29, 0.717) is 5.92 Å². The molecule has 2 atom stereocenters. The topological polar surface area (TPSA) is 32.3 Å². The van der Waals surface area contributed by atoms with Crippen LogP contribution in [0, 0.1) is 12.8 Å². The summed E-state index contributed by atoms with van der Waals surface area (Å²) in [4.78, 5) is 14.4. The molecule has 1 fully saturated rings. The fourth-order valence-electron chi connectivity index (χ4n) is 2.81. The Bertz CT molecular complexity index is 456. The quantitative estimate of drug-likeness (QED) is 0.903. The van der Waals surface area contributed by atoms with Gasteiger partial charge in [0.15, 0.2) is 0 Å². The van der Waals surface area contributed by atoms with E-state index in [0.717, 1.165) is 13.0 Å². The zero-order valence-electron chi connectivity index (χ0n) is 12.3. The van der Waals surface area contributed by atoms with Gasteiger partial charge < -0.3 is 4.90 Å². The third-order valence-corrected chi connectivity index (χ3v) is 3.78. The number of nitrogens with one attached hydrogen (secondary N) is 1. The lowest BCUT2D eigenvalue weighted by molar-refractivity contribution is -0.130. The van der Waals surface area contributed by atoms with Crippen molar-refractivity contribution in [1.82, 2.24) is 10.2 Å². The van der Waals surface area contributed by atoms with E-state index in [-0.39, 0.29) is 18.1 Å². The zero-order chi connectivity index (χ0) is 14.0. The largest absolute Gasteiger partial charge is 0.322 e. The molecule has 0 saturated carbocycles. The van der Waals surface area contributed by atoms with E-state index in [1.807, 2.05) is 24.0 Å². The van der Waals surface area contributed by atoms with Crippen molar-refractivity contribution in [2.45, 2.75) is 46.3 Å². The predicted molar refractivity (Wildman–Crippen MR) is 77.7 cm³/mol. The molecule has 3 heteroatoms. The summed E-state index contributed by atoms with van der Waals surface area (Å²) in [6.45, 7) is 9.21. The van der Waals surface area contributed by atoms with Crippen LogP contribution in [0.25, 0.3) is 0 Å². The van der Waals surface area contributed by atoms with E-state index >= 15 is 0 Å². The number of hydrogen-bond donors (Lipinski definition) is 1. The number of likely N-dealkylation sites (N-methyl/N-ethyl adjacent to an activating group) is 1. The minimum atomic E-state index is -0.0374. The molecule has 1 amide bonds. The first kappa shape index (κ1) is 14.1. The molecule has 1 aliphatic heterocycles. The average Bonchev–Trinajstić information content (AvgIpc) is 2.66. The highest BCUT2D eigenvalue weighted by atomic mass is 16.2. The highest BCUT2D eigenvalue weighted by molar-refractivity contribution is 5.84. The van der Waals surface area contributed by atoms with Gasteiger partial charge in [-0.3, -0.25) is 10.1 Å². The van der Waals surface area contributed by atoms with E-state index in [2.05, 4.69) is 38.2 Å². The van der Waals surface area contributed by atoms with Crippen molar-refractivity contribution in [3.8, 4) is 0 Å². The molecule has 0 bridgehead atoms. The van der Waals surface area contributed by atoms with Crippen molar-refractivity contribution >= 4 is 5.91 Å². The second-order valence-corrected chi connectivity index (χ2v) is 5.73. The molecule has 1 saturated heterocycles. The highest BCUT2D eigenvalue weighted by Gasteiger charge is 2.39. The predicted octanol–water partition coefficient (Wildman–Crippen LogP) is 2.86. The fourth-order valence-corrected chi connectivity index (χ4v) is 2.81. The van der Waals surface area contributed by atoms with E-state index in [1.165, 1.54) is 11.1 Å². The molecule has 2 unspecified atom stereocenters. The number of benzene rings is 1. The van der Waals surface area contributed by atoms with Gasteiger partial charge in [-0.1, -0.05) is 38.1 Å². The average molecular weight is 260 g/mol. The monoisotopic (exact) mass is 260 g/mol. The number of carbonyl (C=O) groups excluding carboxylic acids is 1. The van der Waals surface area contributed by atoms with E-state index in [9.17, 15) is 4.79 Å². The lowest BCUT2D eigenvalue weighted by atomic mass is 10.0. The Hall–Kier alpha value is -1.35. The normalized spacial score (nSPS) is 23.4. The summed E-state index contributed by atoms with van der Waals surface area (Å²) in [6.07, 6.45) is 0.931. The van der Waals surface area contributed by atoms with Gasteiger partial charge in [-0.2, -0.15) is 0 Å². The van der Waals surface area contributed by atoms with Crippen LogP contribution in [0.3, 0.4) is 0 Å². The van der Waals surface area contributed by atoms with Crippen molar-refractivity contribution in [3.05, 3.63) is 35.4 Å². The standard InChI is InChI=1S/C16H24N2O/c1-5-18-15(13-9-7-6-8-12(13)4)17-14(16(18)19)10-11(2)3/h6-9,11,14-15,17H,5,10H2,1-4H3. The van der Waals surface area contributed by atoms with Crippen molar-refractivity contribution in [3.63, 3.8) is 0 Å². The van der Waals surface area contributed by atoms with Crippen LogP contribution in [-0.2, 0) is 4.79 Å². The fraction of sp³-hybridized carbons (Fsp3) is 0.562. The van der Waals surface area contributed by atoms with Gasteiger partial charge in [0.05, 0.1) is 6.04 Å². The molecule has 104 valence electrons. The molecule has 1 N–H and O–H groups in total. The van der Waals surface area contributed by atoms with Gasteiger partial charge in [0.2, 0.25) is 5.91 Å². The van der Waals surface area contributed by atoms with E-state index < -0.39 is 0 Å². The molecule has 0 radical (unpaired) electrons. The number of rotatable bonds is 4. The van der Waals surface area contributed by atoms with Gasteiger partial charge in [-0.15, -0.1) is 0 Å². The minimum absolute atomic E-state index is 0.0300. The first-order valence-electron chi connectivity index (χ1n) is 7.16. The first-order valence-corrected chi connectivity index (χ1v) is 7.16. The Kier molecular flexibility index (Phi) is 4.25. The summed E-state index contributed by atoms with van der Waals surface area (Å²) < 4.78 is 0. The Morgan fingerprint density at radius 1 is 1.32 bits per heavy atom. The molecule has 2 rings (SSSR count). The molecule has 1 aromatic carbocycles. The molecule has 0 aliphatic carbocycles. The summed E-state index contributed by atoms with van der Waals surface area (Å²) >= 11 is 0. The van der Waals surface area contributed by atoms with Crippen molar-refractivity contribution in [2.24, 2.45) is 5.92 Å². The molecule has 3 nitrogen and oxygen atoms in total. The van der Waals surface area contributed by atoms with Crippen LogP contribution in [0.2, 0.25) is 0 Å². The van der Waals surface area contributed by atoms with Gasteiger partial charge in [0.25, 0.3) is 0 Å². The molecule has 1 aliphatic rings. The summed E-state index contributed by atoms with van der Waals surface area (Å²) in [5.41, 5.74) is 2.44.